The lowest BCUT2D eigenvalue weighted by atomic mass is 10.0. The highest BCUT2D eigenvalue weighted by molar-refractivity contribution is 9.10. The van der Waals surface area contributed by atoms with Gasteiger partial charge in [-0.05, 0) is 24.8 Å². The van der Waals surface area contributed by atoms with Crippen molar-refractivity contribution < 1.29 is 0 Å². The van der Waals surface area contributed by atoms with E-state index in [2.05, 4.69) is 60.1 Å². The maximum absolute atomic E-state index is 3.65. The monoisotopic (exact) mass is 240 g/mol. The lowest BCUT2D eigenvalue weighted by molar-refractivity contribution is 0.612. The summed E-state index contributed by atoms with van der Waals surface area (Å²) in [4.78, 5) is 0. The molecule has 0 bridgehead atoms. The fraction of sp³-hybridized carbons (Fsp3) is 0.500. The Labute approximate surface area is 89.5 Å². The van der Waals surface area contributed by atoms with E-state index >= 15 is 0 Å². The molecule has 0 atom stereocenters. The van der Waals surface area contributed by atoms with Crippen molar-refractivity contribution >= 4 is 15.9 Å². The van der Waals surface area contributed by atoms with E-state index in [0.29, 0.717) is 4.32 Å². The number of halogens is 1. The van der Waals surface area contributed by atoms with Gasteiger partial charge in [-0.2, -0.15) is 0 Å². The lowest BCUT2D eigenvalue weighted by Crippen LogP contribution is -2.08. The van der Waals surface area contributed by atoms with Gasteiger partial charge in [0, 0.05) is 4.32 Å². The second-order valence-corrected chi connectivity index (χ2v) is 6.20. The van der Waals surface area contributed by atoms with E-state index in [1.54, 1.807) is 0 Å². The van der Waals surface area contributed by atoms with Crippen molar-refractivity contribution in [1.82, 2.24) is 0 Å². The van der Waals surface area contributed by atoms with E-state index in [9.17, 15) is 0 Å². The molecular weight excluding hydrogens is 224 g/mol. The summed E-state index contributed by atoms with van der Waals surface area (Å²) in [6, 6.07) is 10.7. The minimum Gasteiger partial charge on any atom is -0.0859 e. The van der Waals surface area contributed by atoms with Gasteiger partial charge in [-0.1, -0.05) is 60.1 Å². The average Bonchev–Trinajstić information content (AvgIpc) is 2.04. The zero-order chi connectivity index (χ0) is 9.73. The molecule has 0 spiro atoms. The molecule has 0 heterocycles. The van der Waals surface area contributed by atoms with Gasteiger partial charge in [0.25, 0.3) is 0 Å². The van der Waals surface area contributed by atoms with E-state index in [-0.39, 0.29) is 0 Å². The summed E-state index contributed by atoms with van der Waals surface area (Å²) in [5.74, 6) is 0. The Hall–Kier alpha value is -0.300. The summed E-state index contributed by atoms with van der Waals surface area (Å²) < 4.78 is 0.293. The van der Waals surface area contributed by atoms with Crippen LogP contribution in [0.25, 0.3) is 0 Å². The molecule has 1 aromatic carbocycles. The molecule has 0 aromatic heterocycles. The van der Waals surface area contributed by atoms with Crippen LogP contribution in [0.4, 0.5) is 0 Å². The Morgan fingerprint density at radius 1 is 1.15 bits per heavy atom. The summed E-state index contributed by atoms with van der Waals surface area (Å²) in [5.41, 5.74) is 1.44. The van der Waals surface area contributed by atoms with Crippen molar-refractivity contribution in [3.05, 3.63) is 35.9 Å². The highest BCUT2D eigenvalue weighted by Crippen LogP contribution is 2.23. The molecule has 72 valence electrons. The second-order valence-electron chi connectivity index (χ2n) is 4.06. The Balaban J connectivity index is 2.29. The molecule has 0 radical (unpaired) electrons. The second kappa shape index (κ2) is 4.80. The van der Waals surface area contributed by atoms with Crippen LogP contribution in [-0.2, 0) is 6.42 Å². The summed E-state index contributed by atoms with van der Waals surface area (Å²) in [6.07, 6.45) is 3.67. The highest BCUT2D eigenvalue weighted by Gasteiger charge is 2.11. The molecule has 0 aliphatic carbocycles. The molecule has 1 heteroatoms. The van der Waals surface area contributed by atoms with Gasteiger partial charge in [0.05, 0.1) is 0 Å². The Morgan fingerprint density at radius 3 is 2.31 bits per heavy atom. The molecule has 0 nitrogen and oxygen atoms in total. The normalized spacial score (nSPS) is 11.6. The molecule has 0 aliphatic rings. The van der Waals surface area contributed by atoms with Crippen LogP contribution in [0, 0.1) is 0 Å². The molecule has 13 heavy (non-hydrogen) atoms. The van der Waals surface area contributed by atoms with Gasteiger partial charge >= 0.3 is 0 Å². The minimum absolute atomic E-state index is 0.293. The van der Waals surface area contributed by atoms with Crippen molar-refractivity contribution in [1.29, 1.82) is 0 Å². The van der Waals surface area contributed by atoms with E-state index in [1.165, 1.54) is 24.8 Å². The Bertz CT molecular complexity index is 233. The van der Waals surface area contributed by atoms with Gasteiger partial charge in [0.1, 0.15) is 0 Å². The number of hydrogen-bond donors (Lipinski definition) is 0. The van der Waals surface area contributed by atoms with Gasteiger partial charge in [-0.25, -0.2) is 0 Å². The van der Waals surface area contributed by atoms with Gasteiger partial charge in [0.15, 0.2) is 0 Å². The fourth-order valence-electron chi connectivity index (χ4n) is 1.36. The van der Waals surface area contributed by atoms with Gasteiger partial charge in [-0.15, -0.1) is 0 Å². The Kier molecular flexibility index (Phi) is 3.98. The highest BCUT2D eigenvalue weighted by atomic mass is 79.9. The van der Waals surface area contributed by atoms with Crippen LogP contribution in [0.15, 0.2) is 30.3 Å². The predicted octanol–water partition coefficient (Wildman–Crippen LogP) is 4.18. The third-order valence-electron chi connectivity index (χ3n) is 2.08. The van der Waals surface area contributed by atoms with Crippen LogP contribution < -0.4 is 0 Å². The Morgan fingerprint density at radius 2 is 1.77 bits per heavy atom. The van der Waals surface area contributed by atoms with Gasteiger partial charge < -0.3 is 0 Å². The standard InChI is InChI=1S/C12H17Br/c1-12(2,13)10-6-9-11-7-4-3-5-8-11/h3-5,7-8H,6,9-10H2,1-2H3. The van der Waals surface area contributed by atoms with E-state index in [1.807, 2.05) is 0 Å². The zero-order valence-corrected chi connectivity index (χ0v) is 9.97. The van der Waals surface area contributed by atoms with Crippen LogP contribution in [0.2, 0.25) is 0 Å². The number of alkyl halides is 1. The van der Waals surface area contributed by atoms with Crippen LogP contribution >= 0.6 is 15.9 Å². The van der Waals surface area contributed by atoms with Crippen LogP contribution in [-0.4, -0.2) is 4.32 Å². The maximum Gasteiger partial charge on any atom is 0.0201 e. The third-order valence-corrected chi connectivity index (χ3v) is 2.48. The van der Waals surface area contributed by atoms with Crippen LogP contribution in [0.3, 0.4) is 0 Å². The van der Waals surface area contributed by atoms with Crippen molar-refractivity contribution in [2.75, 3.05) is 0 Å². The SMILES string of the molecule is CC(C)(Br)CCCc1ccccc1. The van der Waals surface area contributed by atoms with E-state index < -0.39 is 0 Å². The smallest absolute Gasteiger partial charge is 0.0201 e. The van der Waals surface area contributed by atoms with Crippen molar-refractivity contribution in [3.63, 3.8) is 0 Å². The van der Waals surface area contributed by atoms with Crippen molar-refractivity contribution in [2.24, 2.45) is 0 Å². The quantitative estimate of drug-likeness (QED) is 0.693. The number of aryl methyl sites for hydroxylation is 1. The molecule has 0 N–H and O–H groups in total. The van der Waals surface area contributed by atoms with Gasteiger partial charge in [-0.3, -0.25) is 0 Å². The van der Waals surface area contributed by atoms with Crippen molar-refractivity contribution in [2.45, 2.75) is 37.4 Å². The summed E-state index contributed by atoms with van der Waals surface area (Å²) in [7, 11) is 0. The topological polar surface area (TPSA) is 0 Å². The zero-order valence-electron chi connectivity index (χ0n) is 8.39. The summed E-state index contributed by atoms with van der Waals surface area (Å²) in [5, 5.41) is 0. The van der Waals surface area contributed by atoms with Crippen molar-refractivity contribution in [3.8, 4) is 0 Å². The lowest BCUT2D eigenvalue weighted by Gasteiger charge is -2.15. The molecule has 0 amide bonds. The largest absolute Gasteiger partial charge is 0.0859 e. The average molecular weight is 241 g/mol. The van der Waals surface area contributed by atoms with Gasteiger partial charge in [0.2, 0.25) is 0 Å². The predicted molar refractivity (Wildman–Crippen MR) is 62.4 cm³/mol. The maximum atomic E-state index is 3.65. The number of benzene rings is 1. The van der Waals surface area contributed by atoms with Crippen LogP contribution in [0.5, 0.6) is 0 Å². The molecule has 0 aliphatic heterocycles. The summed E-state index contributed by atoms with van der Waals surface area (Å²) >= 11 is 3.65. The first-order chi connectivity index (χ1) is 6.08. The van der Waals surface area contributed by atoms with Crippen LogP contribution in [0.1, 0.15) is 32.3 Å². The van der Waals surface area contributed by atoms with E-state index in [4.69, 9.17) is 0 Å². The first-order valence-electron chi connectivity index (χ1n) is 4.81. The van der Waals surface area contributed by atoms with E-state index in [0.717, 1.165) is 0 Å². The fourth-order valence-corrected chi connectivity index (χ4v) is 1.64. The first-order valence-corrected chi connectivity index (χ1v) is 5.60. The number of rotatable bonds is 4. The molecule has 0 saturated carbocycles. The molecule has 1 rings (SSSR count). The molecule has 0 saturated heterocycles. The minimum atomic E-state index is 0.293. The summed E-state index contributed by atoms with van der Waals surface area (Å²) in [6.45, 7) is 4.44. The molecular formula is C12H17Br. The number of hydrogen-bond acceptors (Lipinski definition) is 0. The molecule has 0 unspecified atom stereocenters. The first kappa shape index (κ1) is 10.8. The third kappa shape index (κ3) is 5.09. The molecule has 0 fully saturated rings. The molecule has 1 aromatic rings.